The van der Waals surface area contributed by atoms with Gasteiger partial charge in [-0.2, -0.15) is 0 Å². The Morgan fingerprint density at radius 2 is 1.95 bits per heavy atom. The van der Waals surface area contributed by atoms with Crippen molar-refractivity contribution in [3.63, 3.8) is 0 Å². The van der Waals surface area contributed by atoms with Gasteiger partial charge in [0, 0.05) is 12.0 Å². The molecule has 1 saturated heterocycles. The molecule has 1 aliphatic heterocycles. The molecule has 0 aromatic heterocycles. The van der Waals surface area contributed by atoms with Crippen LogP contribution in [0.2, 0.25) is 0 Å². The molecule has 0 spiro atoms. The lowest BCUT2D eigenvalue weighted by molar-refractivity contribution is -0.266. The lowest BCUT2D eigenvalue weighted by Crippen LogP contribution is -2.47. The van der Waals surface area contributed by atoms with Crippen molar-refractivity contribution in [1.29, 1.82) is 0 Å². The Morgan fingerprint density at radius 3 is 2.55 bits per heavy atom. The number of hydrogen-bond donors (Lipinski definition) is 0. The predicted octanol–water partition coefficient (Wildman–Crippen LogP) is 3.52. The van der Waals surface area contributed by atoms with E-state index in [2.05, 4.69) is 13.8 Å². The summed E-state index contributed by atoms with van der Waals surface area (Å²) in [5.74, 6) is 0.287. The molecule has 4 heteroatoms. The van der Waals surface area contributed by atoms with E-state index in [1.807, 2.05) is 6.92 Å². The van der Waals surface area contributed by atoms with Crippen LogP contribution < -0.4 is 0 Å². The number of halogens is 1. The number of hydrogen-bond acceptors (Lipinski definition) is 3. The van der Waals surface area contributed by atoms with Crippen LogP contribution in [0, 0.1) is 11.7 Å². The highest BCUT2D eigenvalue weighted by molar-refractivity contribution is 5.16. The van der Waals surface area contributed by atoms with Gasteiger partial charge in [0.05, 0.1) is 19.8 Å². The monoisotopic (exact) mass is 282 g/mol. The highest BCUT2D eigenvalue weighted by Crippen LogP contribution is 2.24. The van der Waals surface area contributed by atoms with Gasteiger partial charge in [0.2, 0.25) is 0 Å². The number of rotatable bonds is 5. The summed E-state index contributed by atoms with van der Waals surface area (Å²) >= 11 is 0. The van der Waals surface area contributed by atoms with Crippen LogP contribution in [0.1, 0.15) is 32.8 Å². The van der Waals surface area contributed by atoms with E-state index < -0.39 is 5.60 Å². The normalized spacial score (nSPS) is 26.9. The first kappa shape index (κ1) is 15.4. The Labute approximate surface area is 120 Å². The number of ether oxygens (including phenoxy) is 3. The third-order valence-electron chi connectivity index (χ3n) is 3.35. The zero-order valence-electron chi connectivity index (χ0n) is 12.4. The summed E-state index contributed by atoms with van der Waals surface area (Å²) in [5.41, 5.74) is 0.0356. The van der Waals surface area contributed by atoms with Gasteiger partial charge in [-0.15, -0.1) is 0 Å². The van der Waals surface area contributed by atoms with E-state index in [9.17, 15) is 4.39 Å². The molecule has 1 aliphatic rings. The van der Waals surface area contributed by atoms with Gasteiger partial charge in [-0.1, -0.05) is 32.0 Å². The van der Waals surface area contributed by atoms with Gasteiger partial charge >= 0.3 is 0 Å². The van der Waals surface area contributed by atoms with Gasteiger partial charge in [0.1, 0.15) is 11.4 Å². The fraction of sp³-hybridized carbons (Fsp3) is 0.625. The van der Waals surface area contributed by atoms with E-state index in [1.54, 1.807) is 18.2 Å². The third-order valence-corrected chi connectivity index (χ3v) is 3.35. The highest BCUT2D eigenvalue weighted by Gasteiger charge is 2.34. The zero-order chi connectivity index (χ0) is 14.6. The molecule has 0 N–H and O–H groups in total. The lowest BCUT2D eigenvalue weighted by Gasteiger charge is -2.37. The summed E-state index contributed by atoms with van der Waals surface area (Å²) in [6.45, 7) is 7.37. The molecule has 0 atom stereocenters. The topological polar surface area (TPSA) is 27.7 Å². The van der Waals surface area contributed by atoms with Crippen molar-refractivity contribution in [2.45, 2.75) is 45.7 Å². The minimum absolute atomic E-state index is 0.153. The van der Waals surface area contributed by atoms with E-state index in [4.69, 9.17) is 14.2 Å². The fourth-order valence-corrected chi connectivity index (χ4v) is 2.10. The molecule has 0 saturated carbocycles. The van der Waals surface area contributed by atoms with Crippen LogP contribution in [0.3, 0.4) is 0 Å². The second-order valence-corrected chi connectivity index (χ2v) is 6.01. The second-order valence-electron chi connectivity index (χ2n) is 6.01. The van der Waals surface area contributed by atoms with Crippen molar-refractivity contribution < 1.29 is 18.6 Å². The average molecular weight is 282 g/mol. The summed E-state index contributed by atoms with van der Waals surface area (Å²) in [5, 5.41) is 0. The van der Waals surface area contributed by atoms with Gasteiger partial charge in [-0.25, -0.2) is 4.39 Å². The van der Waals surface area contributed by atoms with Gasteiger partial charge in [-0.05, 0) is 18.9 Å². The van der Waals surface area contributed by atoms with Crippen LogP contribution in [-0.2, 0) is 20.8 Å². The fourth-order valence-electron chi connectivity index (χ4n) is 2.10. The smallest absolute Gasteiger partial charge is 0.158 e. The van der Waals surface area contributed by atoms with Gasteiger partial charge in [-0.3, -0.25) is 0 Å². The molecule has 0 amide bonds. The van der Waals surface area contributed by atoms with E-state index in [0.717, 1.165) is 6.42 Å². The van der Waals surface area contributed by atoms with Gasteiger partial charge in [0.15, 0.2) is 6.29 Å². The van der Waals surface area contributed by atoms with Crippen LogP contribution in [0.5, 0.6) is 0 Å². The van der Waals surface area contributed by atoms with E-state index in [-0.39, 0.29) is 18.7 Å². The zero-order valence-corrected chi connectivity index (χ0v) is 12.4. The van der Waals surface area contributed by atoms with Crippen LogP contribution in [0.25, 0.3) is 0 Å². The number of benzene rings is 1. The van der Waals surface area contributed by atoms with Crippen molar-refractivity contribution >= 4 is 0 Å². The highest BCUT2D eigenvalue weighted by atomic mass is 19.1. The maximum Gasteiger partial charge on any atom is 0.158 e. The molecule has 2 rings (SSSR count). The van der Waals surface area contributed by atoms with Crippen LogP contribution in [-0.4, -0.2) is 25.1 Å². The summed E-state index contributed by atoms with van der Waals surface area (Å²) < 4.78 is 30.7. The molecular formula is C16H23FO3. The standard InChI is InChI=1S/C16H23FO3/c1-12(2)8-15-18-10-16(3,11-19-15)20-9-13-6-4-5-7-14(13)17/h4-7,12,15H,8-11H2,1-3H3. The maximum absolute atomic E-state index is 13.5. The molecule has 1 fully saturated rings. The second kappa shape index (κ2) is 6.66. The Morgan fingerprint density at radius 1 is 1.30 bits per heavy atom. The minimum atomic E-state index is -0.518. The molecule has 112 valence electrons. The Kier molecular flexibility index (Phi) is 5.13. The van der Waals surface area contributed by atoms with Crippen LogP contribution in [0.15, 0.2) is 24.3 Å². The molecule has 1 heterocycles. The summed E-state index contributed by atoms with van der Waals surface area (Å²) in [4.78, 5) is 0. The van der Waals surface area contributed by atoms with Crippen LogP contribution >= 0.6 is 0 Å². The Bertz CT molecular complexity index is 425. The maximum atomic E-state index is 13.5. The summed E-state index contributed by atoms with van der Waals surface area (Å²) in [7, 11) is 0. The molecule has 1 aromatic carbocycles. The molecule has 1 aromatic rings. The van der Waals surface area contributed by atoms with Crippen molar-refractivity contribution in [3.05, 3.63) is 35.6 Å². The summed E-state index contributed by atoms with van der Waals surface area (Å²) in [6.07, 6.45) is 0.726. The van der Waals surface area contributed by atoms with Gasteiger partial charge in [0.25, 0.3) is 0 Å². The van der Waals surface area contributed by atoms with E-state index >= 15 is 0 Å². The predicted molar refractivity (Wildman–Crippen MR) is 74.7 cm³/mol. The Balaban J connectivity index is 1.83. The van der Waals surface area contributed by atoms with Crippen molar-refractivity contribution in [1.82, 2.24) is 0 Å². The average Bonchev–Trinajstić information content (AvgIpc) is 2.41. The minimum Gasteiger partial charge on any atom is -0.366 e. The third kappa shape index (κ3) is 4.27. The first-order valence-electron chi connectivity index (χ1n) is 7.09. The van der Waals surface area contributed by atoms with E-state index in [0.29, 0.717) is 24.7 Å². The molecule has 0 unspecified atom stereocenters. The SMILES string of the molecule is CC(C)CC1OCC(C)(OCc2ccccc2F)CO1. The lowest BCUT2D eigenvalue weighted by atomic mass is 10.1. The molecule has 20 heavy (non-hydrogen) atoms. The van der Waals surface area contributed by atoms with Crippen molar-refractivity contribution in [2.24, 2.45) is 5.92 Å². The molecule has 0 aliphatic carbocycles. The molecule has 3 nitrogen and oxygen atoms in total. The quantitative estimate of drug-likeness (QED) is 0.827. The molecule has 0 bridgehead atoms. The Hall–Kier alpha value is -0.970. The summed E-state index contributed by atoms with van der Waals surface area (Å²) in [6, 6.07) is 6.64. The first-order chi connectivity index (χ1) is 9.48. The van der Waals surface area contributed by atoms with Gasteiger partial charge < -0.3 is 14.2 Å². The largest absolute Gasteiger partial charge is 0.366 e. The van der Waals surface area contributed by atoms with Crippen molar-refractivity contribution in [3.8, 4) is 0 Å². The first-order valence-corrected chi connectivity index (χ1v) is 7.09. The molecular weight excluding hydrogens is 259 g/mol. The molecule has 0 radical (unpaired) electrons. The van der Waals surface area contributed by atoms with Crippen molar-refractivity contribution in [2.75, 3.05) is 13.2 Å². The van der Waals surface area contributed by atoms with Crippen LogP contribution in [0.4, 0.5) is 4.39 Å². The van der Waals surface area contributed by atoms with E-state index in [1.165, 1.54) is 6.07 Å².